The molecule has 2 N–H and O–H groups in total. The zero-order valence-electron chi connectivity index (χ0n) is 16.3. The fourth-order valence-corrected chi connectivity index (χ4v) is 3.35. The number of nitrogens with one attached hydrogen (secondary N) is 2. The van der Waals surface area contributed by atoms with Crippen molar-refractivity contribution in [1.82, 2.24) is 20.8 Å². The van der Waals surface area contributed by atoms with Gasteiger partial charge in [-0.25, -0.2) is 0 Å². The Bertz CT molecular complexity index is 739. The van der Waals surface area contributed by atoms with Crippen LogP contribution in [0.4, 0.5) is 0 Å². The molecule has 3 rings (SSSR count). The summed E-state index contributed by atoms with van der Waals surface area (Å²) in [6.07, 6.45) is 8.01. The molecule has 7 nitrogen and oxygen atoms in total. The van der Waals surface area contributed by atoms with Crippen molar-refractivity contribution < 1.29 is 9.26 Å². The Kier molecular flexibility index (Phi) is 8.11. The van der Waals surface area contributed by atoms with Crippen molar-refractivity contribution in [2.75, 3.05) is 20.2 Å². The van der Waals surface area contributed by atoms with E-state index < -0.39 is 0 Å². The molecule has 0 saturated heterocycles. The van der Waals surface area contributed by atoms with E-state index in [-0.39, 0.29) is 0 Å². The Morgan fingerprint density at radius 1 is 1.18 bits per heavy atom. The molecule has 8 heteroatoms. The number of nitrogens with zero attached hydrogens (tertiary/aromatic N) is 3. The molecule has 1 heterocycles. The van der Waals surface area contributed by atoms with Crippen LogP contribution in [-0.4, -0.2) is 42.4 Å². The van der Waals surface area contributed by atoms with Crippen LogP contribution in [0.3, 0.4) is 0 Å². The number of halogens is 1. The van der Waals surface area contributed by atoms with Crippen LogP contribution in [0.2, 0.25) is 5.02 Å². The molecule has 0 radical (unpaired) electrons. The molecule has 152 valence electrons. The Morgan fingerprint density at radius 3 is 2.64 bits per heavy atom. The van der Waals surface area contributed by atoms with E-state index in [0.29, 0.717) is 48.5 Å². The summed E-state index contributed by atoms with van der Waals surface area (Å²) in [7, 11) is 1.73. The third-order valence-corrected chi connectivity index (χ3v) is 5.00. The Morgan fingerprint density at radius 2 is 1.93 bits per heavy atom. The van der Waals surface area contributed by atoms with Gasteiger partial charge in [-0.2, -0.15) is 4.98 Å². The van der Waals surface area contributed by atoms with Crippen molar-refractivity contribution in [2.24, 2.45) is 4.99 Å². The van der Waals surface area contributed by atoms with Crippen LogP contribution in [0.5, 0.6) is 0 Å². The zero-order chi connectivity index (χ0) is 19.6. The molecule has 28 heavy (non-hydrogen) atoms. The van der Waals surface area contributed by atoms with Crippen LogP contribution in [0.15, 0.2) is 33.8 Å². The maximum absolute atomic E-state index is 5.99. The monoisotopic (exact) mass is 405 g/mol. The molecule has 1 aliphatic rings. The van der Waals surface area contributed by atoms with E-state index in [9.17, 15) is 0 Å². The highest BCUT2D eigenvalue weighted by atomic mass is 35.5. The highest BCUT2D eigenvalue weighted by Gasteiger charge is 2.12. The predicted octanol–water partition coefficient (Wildman–Crippen LogP) is 3.79. The number of hydrogen-bond donors (Lipinski definition) is 2. The van der Waals surface area contributed by atoms with Gasteiger partial charge in [0.2, 0.25) is 11.7 Å². The van der Waals surface area contributed by atoms with E-state index in [0.717, 1.165) is 5.56 Å². The summed E-state index contributed by atoms with van der Waals surface area (Å²) in [6, 6.07) is 7.32. The molecule has 2 aromatic rings. The smallest absolute Gasteiger partial charge is 0.246 e. The molecular weight excluding hydrogens is 378 g/mol. The average molecular weight is 406 g/mol. The first kappa shape index (κ1) is 20.6. The number of guanidine groups is 1. The Hall–Kier alpha value is -2.12. The minimum Gasteiger partial charge on any atom is -0.376 e. The van der Waals surface area contributed by atoms with Gasteiger partial charge in [0.25, 0.3) is 0 Å². The van der Waals surface area contributed by atoms with Gasteiger partial charge in [0.15, 0.2) is 5.96 Å². The molecule has 1 saturated carbocycles. The summed E-state index contributed by atoms with van der Waals surface area (Å²) in [4.78, 5) is 8.60. The lowest BCUT2D eigenvalue weighted by atomic mass is 10.1. The fourth-order valence-electron chi connectivity index (χ4n) is 3.23. The van der Waals surface area contributed by atoms with Crippen LogP contribution < -0.4 is 10.6 Å². The molecule has 0 amide bonds. The van der Waals surface area contributed by atoms with Crippen molar-refractivity contribution in [3.8, 4) is 11.4 Å². The maximum atomic E-state index is 5.99. The number of aromatic nitrogens is 2. The first-order valence-corrected chi connectivity index (χ1v) is 10.3. The molecule has 1 aromatic heterocycles. The lowest BCUT2D eigenvalue weighted by Gasteiger charge is -2.16. The van der Waals surface area contributed by atoms with Gasteiger partial charge >= 0.3 is 0 Å². The summed E-state index contributed by atoms with van der Waals surface area (Å²) in [5.74, 6) is 1.70. The first-order valence-electron chi connectivity index (χ1n) is 9.89. The predicted molar refractivity (Wildman–Crippen MR) is 110 cm³/mol. The second kappa shape index (κ2) is 11.0. The van der Waals surface area contributed by atoms with Crippen LogP contribution in [0, 0.1) is 0 Å². The zero-order valence-corrected chi connectivity index (χ0v) is 17.0. The largest absolute Gasteiger partial charge is 0.376 e. The van der Waals surface area contributed by atoms with E-state index in [2.05, 4.69) is 25.8 Å². The number of rotatable bonds is 7. The van der Waals surface area contributed by atoms with E-state index in [1.807, 2.05) is 12.1 Å². The minimum atomic E-state index is 0.393. The molecule has 1 aliphatic carbocycles. The number of benzene rings is 1. The SMILES string of the molecule is CN=C(NCCOC1CCCCCC1)NCc1nc(-c2ccc(Cl)cc2)no1. The van der Waals surface area contributed by atoms with E-state index in [1.54, 1.807) is 19.2 Å². The van der Waals surface area contributed by atoms with Crippen LogP contribution in [0.1, 0.15) is 44.4 Å². The van der Waals surface area contributed by atoms with Gasteiger partial charge < -0.3 is 19.9 Å². The molecular formula is C20H28ClN5O2. The molecule has 1 fully saturated rings. The van der Waals surface area contributed by atoms with Crippen LogP contribution in [0.25, 0.3) is 11.4 Å². The average Bonchev–Trinajstić information content (AvgIpc) is 3.03. The van der Waals surface area contributed by atoms with Crippen molar-refractivity contribution in [1.29, 1.82) is 0 Å². The molecule has 0 atom stereocenters. The van der Waals surface area contributed by atoms with Gasteiger partial charge in [-0.05, 0) is 37.1 Å². The normalized spacial score (nSPS) is 16.0. The molecule has 0 unspecified atom stereocenters. The van der Waals surface area contributed by atoms with Gasteiger partial charge in [-0.3, -0.25) is 4.99 Å². The molecule has 0 aliphatic heterocycles. The van der Waals surface area contributed by atoms with Gasteiger partial charge in [0, 0.05) is 24.2 Å². The summed E-state index contributed by atoms with van der Waals surface area (Å²) in [6.45, 7) is 1.77. The van der Waals surface area contributed by atoms with Gasteiger partial charge in [0.05, 0.1) is 19.3 Å². The Labute approximate surface area is 170 Å². The quantitative estimate of drug-likeness (QED) is 0.315. The lowest BCUT2D eigenvalue weighted by molar-refractivity contribution is 0.0468. The summed E-state index contributed by atoms with van der Waals surface area (Å²) >= 11 is 5.90. The van der Waals surface area contributed by atoms with Crippen molar-refractivity contribution in [3.05, 3.63) is 35.2 Å². The molecule has 0 bridgehead atoms. The third kappa shape index (κ3) is 6.49. The van der Waals surface area contributed by atoms with Crippen molar-refractivity contribution in [2.45, 2.75) is 51.2 Å². The lowest BCUT2D eigenvalue weighted by Crippen LogP contribution is -2.39. The highest BCUT2D eigenvalue weighted by molar-refractivity contribution is 6.30. The first-order chi connectivity index (χ1) is 13.7. The highest BCUT2D eigenvalue weighted by Crippen LogP contribution is 2.20. The standard InChI is InChI=1S/C20H28ClN5O2/c1-22-20(23-12-13-27-17-6-4-2-3-5-7-17)24-14-18-25-19(26-28-18)15-8-10-16(21)11-9-15/h8-11,17H,2-7,12-14H2,1H3,(H2,22,23,24). The van der Waals surface area contributed by atoms with Crippen molar-refractivity contribution in [3.63, 3.8) is 0 Å². The topological polar surface area (TPSA) is 84.6 Å². The van der Waals surface area contributed by atoms with E-state index in [1.165, 1.54) is 38.5 Å². The van der Waals surface area contributed by atoms with E-state index in [4.69, 9.17) is 20.9 Å². The number of hydrogen-bond acceptors (Lipinski definition) is 5. The molecule has 0 spiro atoms. The third-order valence-electron chi connectivity index (χ3n) is 4.75. The summed E-state index contributed by atoms with van der Waals surface area (Å²) < 4.78 is 11.3. The molecule has 1 aromatic carbocycles. The summed E-state index contributed by atoms with van der Waals surface area (Å²) in [5, 5.41) is 11.1. The maximum Gasteiger partial charge on any atom is 0.246 e. The minimum absolute atomic E-state index is 0.393. The van der Waals surface area contributed by atoms with Gasteiger partial charge in [0.1, 0.15) is 0 Å². The second-order valence-electron chi connectivity index (χ2n) is 6.86. The Balaban J connectivity index is 1.38. The summed E-state index contributed by atoms with van der Waals surface area (Å²) in [5.41, 5.74) is 0.859. The number of aliphatic imine (C=N–C) groups is 1. The second-order valence-corrected chi connectivity index (χ2v) is 7.29. The van der Waals surface area contributed by atoms with Crippen molar-refractivity contribution >= 4 is 17.6 Å². The van der Waals surface area contributed by atoms with Gasteiger partial charge in [-0.1, -0.05) is 42.4 Å². The fraction of sp³-hybridized carbons (Fsp3) is 0.550. The van der Waals surface area contributed by atoms with E-state index >= 15 is 0 Å². The van der Waals surface area contributed by atoms with Crippen LogP contribution in [-0.2, 0) is 11.3 Å². The van der Waals surface area contributed by atoms with Crippen LogP contribution >= 0.6 is 11.6 Å². The van der Waals surface area contributed by atoms with Gasteiger partial charge in [-0.15, -0.1) is 0 Å². The number of ether oxygens (including phenoxy) is 1.